The van der Waals surface area contributed by atoms with Crippen LogP contribution in [0.15, 0.2) is 60.7 Å². The molecule has 0 spiro atoms. The first-order valence-electron chi connectivity index (χ1n) is 8.19. The number of rotatable bonds is 6. The molecule has 0 aromatic heterocycles. The van der Waals surface area contributed by atoms with Gasteiger partial charge in [-0.3, -0.25) is 13.9 Å². The maximum absolute atomic E-state index is 12.4. The summed E-state index contributed by atoms with van der Waals surface area (Å²) in [6, 6.07) is 19.2. The summed E-state index contributed by atoms with van der Waals surface area (Å²) in [4.78, 5) is 14.4. The van der Waals surface area contributed by atoms with Crippen LogP contribution in [0.2, 0.25) is 0 Å². The Morgan fingerprint density at radius 3 is 1.56 bits per heavy atom. The second-order valence-corrected chi connectivity index (χ2v) is 7.30. The lowest BCUT2D eigenvalue weighted by atomic mass is 9.70. The van der Waals surface area contributed by atoms with E-state index in [1.54, 1.807) is 0 Å². The fraction of sp³-hybridized carbons (Fsp3) is 0.316. The molecule has 27 heavy (non-hydrogen) atoms. The van der Waals surface area contributed by atoms with Gasteiger partial charge >= 0.3 is 16.4 Å². The topological polar surface area (TPSA) is 115 Å². The summed E-state index contributed by atoms with van der Waals surface area (Å²) in [7, 11) is -0.708. The second kappa shape index (κ2) is 9.61. The van der Waals surface area contributed by atoms with Crippen LogP contribution in [0.5, 0.6) is 0 Å². The Balaban J connectivity index is 0.000000646. The van der Waals surface area contributed by atoms with Crippen LogP contribution in [0.1, 0.15) is 24.5 Å². The molecule has 0 bridgehead atoms. The number of nitrogens with zero attached hydrogens (tertiary/aromatic N) is 1. The molecule has 0 heterocycles. The van der Waals surface area contributed by atoms with E-state index in [0.717, 1.165) is 11.1 Å². The van der Waals surface area contributed by atoms with Crippen molar-refractivity contribution in [1.29, 1.82) is 0 Å². The summed E-state index contributed by atoms with van der Waals surface area (Å²) in [5, 5.41) is 10.1. The van der Waals surface area contributed by atoms with Gasteiger partial charge in [-0.2, -0.15) is 8.42 Å². The van der Waals surface area contributed by atoms with Gasteiger partial charge in [0, 0.05) is 6.04 Å². The molecular formula is C19H25NO6S. The molecule has 1 atom stereocenters. The van der Waals surface area contributed by atoms with Crippen molar-refractivity contribution < 1.29 is 27.4 Å². The predicted molar refractivity (Wildman–Crippen MR) is 103 cm³/mol. The average molecular weight is 395 g/mol. The molecule has 0 saturated heterocycles. The van der Waals surface area contributed by atoms with Gasteiger partial charge in [-0.05, 0) is 38.6 Å². The van der Waals surface area contributed by atoms with Crippen molar-refractivity contribution >= 4 is 16.4 Å². The zero-order chi connectivity index (χ0) is 20.7. The van der Waals surface area contributed by atoms with E-state index in [1.165, 1.54) is 0 Å². The molecule has 0 aliphatic heterocycles. The largest absolute Gasteiger partial charge is 0.480 e. The number of aliphatic carboxylic acids is 1. The lowest BCUT2D eigenvalue weighted by Gasteiger charge is -2.35. The van der Waals surface area contributed by atoms with Gasteiger partial charge in [-0.1, -0.05) is 60.7 Å². The molecule has 8 heteroatoms. The van der Waals surface area contributed by atoms with E-state index in [2.05, 4.69) is 11.8 Å². The molecule has 0 aliphatic carbocycles. The van der Waals surface area contributed by atoms with Gasteiger partial charge in [0.15, 0.2) is 0 Å². The first-order valence-corrected chi connectivity index (χ1v) is 9.59. The molecular weight excluding hydrogens is 370 g/mol. The molecule has 0 aliphatic rings. The fourth-order valence-corrected chi connectivity index (χ4v) is 2.81. The van der Waals surface area contributed by atoms with Crippen LogP contribution < -0.4 is 0 Å². The van der Waals surface area contributed by atoms with Gasteiger partial charge in [-0.25, -0.2) is 0 Å². The predicted octanol–water partition coefficient (Wildman–Crippen LogP) is 2.74. The van der Waals surface area contributed by atoms with Crippen molar-refractivity contribution in [2.75, 3.05) is 14.1 Å². The van der Waals surface area contributed by atoms with Gasteiger partial charge in [0.25, 0.3) is 0 Å². The van der Waals surface area contributed by atoms with E-state index in [4.69, 9.17) is 17.5 Å². The Labute approximate surface area is 159 Å². The molecule has 2 aromatic rings. The fourth-order valence-electron chi connectivity index (χ4n) is 2.81. The molecule has 7 nitrogen and oxygen atoms in total. The number of benzene rings is 2. The minimum Gasteiger partial charge on any atom is -0.480 e. The maximum Gasteiger partial charge on any atom is 0.394 e. The van der Waals surface area contributed by atoms with E-state index < -0.39 is 21.8 Å². The standard InChI is InChI=1S/C19H23NO2.H2O4S/c1-15(20(2)3)14-19(18(21)22,16-10-6-4-7-11-16)17-12-8-5-9-13-17;1-5(2,3)4/h4-13,15H,14H2,1-3H3,(H,21,22);(H2,1,2,3,4). The van der Waals surface area contributed by atoms with Gasteiger partial charge in [-0.15, -0.1) is 0 Å². The normalized spacial score (nSPS) is 12.8. The highest BCUT2D eigenvalue weighted by atomic mass is 32.3. The van der Waals surface area contributed by atoms with Crippen LogP contribution in [-0.2, 0) is 20.6 Å². The van der Waals surface area contributed by atoms with Crippen LogP contribution in [0, 0.1) is 0 Å². The first kappa shape index (κ1) is 22.8. The van der Waals surface area contributed by atoms with Gasteiger partial charge in [0.1, 0.15) is 5.41 Å². The Hall–Kier alpha value is -2.26. The van der Waals surface area contributed by atoms with Crippen LogP contribution in [0.25, 0.3) is 0 Å². The van der Waals surface area contributed by atoms with Crippen LogP contribution in [-0.4, -0.2) is 53.6 Å². The van der Waals surface area contributed by atoms with Crippen LogP contribution in [0.4, 0.5) is 0 Å². The highest BCUT2D eigenvalue weighted by Crippen LogP contribution is 2.37. The number of carboxylic acids is 1. The number of hydrogen-bond acceptors (Lipinski definition) is 4. The Morgan fingerprint density at radius 2 is 1.30 bits per heavy atom. The van der Waals surface area contributed by atoms with Crippen molar-refractivity contribution in [3.8, 4) is 0 Å². The quantitative estimate of drug-likeness (QED) is 0.644. The van der Waals surface area contributed by atoms with Crippen molar-refractivity contribution in [2.24, 2.45) is 0 Å². The maximum atomic E-state index is 12.4. The molecule has 0 fully saturated rings. The third kappa shape index (κ3) is 6.76. The summed E-state index contributed by atoms with van der Waals surface area (Å²) in [6.07, 6.45) is 0.517. The van der Waals surface area contributed by atoms with E-state index in [1.807, 2.05) is 74.8 Å². The molecule has 0 saturated carbocycles. The van der Waals surface area contributed by atoms with Crippen LogP contribution >= 0.6 is 0 Å². The molecule has 148 valence electrons. The highest BCUT2D eigenvalue weighted by Gasteiger charge is 2.43. The summed E-state index contributed by atoms with van der Waals surface area (Å²) in [6.45, 7) is 2.06. The summed E-state index contributed by atoms with van der Waals surface area (Å²) in [5.74, 6) is -0.807. The number of carbonyl (C=O) groups is 1. The van der Waals surface area contributed by atoms with E-state index >= 15 is 0 Å². The Bertz CT molecular complexity index is 774. The smallest absolute Gasteiger partial charge is 0.394 e. The molecule has 0 radical (unpaired) electrons. The van der Waals surface area contributed by atoms with E-state index in [0.29, 0.717) is 6.42 Å². The van der Waals surface area contributed by atoms with Crippen LogP contribution in [0.3, 0.4) is 0 Å². The zero-order valence-electron chi connectivity index (χ0n) is 15.5. The SMILES string of the molecule is CC(CC(C(=O)O)(c1ccccc1)c1ccccc1)N(C)C.O=S(=O)(O)O. The second-order valence-electron chi connectivity index (χ2n) is 6.41. The molecule has 2 rings (SSSR count). The summed E-state index contributed by atoms with van der Waals surface area (Å²) >= 11 is 0. The van der Waals surface area contributed by atoms with Crippen molar-refractivity contribution in [1.82, 2.24) is 4.90 Å². The first-order chi connectivity index (χ1) is 12.5. The van der Waals surface area contributed by atoms with Crippen molar-refractivity contribution in [2.45, 2.75) is 24.8 Å². The third-order valence-corrected chi connectivity index (χ3v) is 4.38. The minimum atomic E-state index is -4.67. The lowest BCUT2D eigenvalue weighted by Crippen LogP contribution is -2.43. The van der Waals surface area contributed by atoms with Gasteiger partial charge in [0.05, 0.1) is 0 Å². The molecule has 1 unspecified atom stereocenters. The van der Waals surface area contributed by atoms with Gasteiger partial charge < -0.3 is 10.0 Å². The Kier molecular flexibility index (Phi) is 8.11. The Morgan fingerprint density at radius 1 is 0.963 bits per heavy atom. The van der Waals surface area contributed by atoms with Crippen molar-refractivity contribution in [3.05, 3.63) is 71.8 Å². The van der Waals surface area contributed by atoms with Gasteiger partial charge in [0.2, 0.25) is 0 Å². The molecule has 3 N–H and O–H groups in total. The van der Waals surface area contributed by atoms with E-state index in [9.17, 15) is 9.90 Å². The monoisotopic (exact) mass is 395 g/mol. The van der Waals surface area contributed by atoms with Crippen molar-refractivity contribution in [3.63, 3.8) is 0 Å². The average Bonchev–Trinajstić information content (AvgIpc) is 2.59. The minimum absolute atomic E-state index is 0.136. The summed E-state index contributed by atoms with van der Waals surface area (Å²) < 4.78 is 31.6. The lowest BCUT2D eigenvalue weighted by molar-refractivity contribution is -0.142. The number of hydrogen-bond donors (Lipinski definition) is 3. The summed E-state index contributed by atoms with van der Waals surface area (Å²) in [5.41, 5.74) is 0.608. The van der Waals surface area contributed by atoms with E-state index in [-0.39, 0.29) is 6.04 Å². The number of carboxylic acid groups (broad SMARTS) is 1. The highest BCUT2D eigenvalue weighted by molar-refractivity contribution is 7.79. The third-order valence-electron chi connectivity index (χ3n) is 4.38. The molecule has 0 amide bonds. The zero-order valence-corrected chi connectivity index (χ0v) is 16.3. The molecule has 2 aromatic carbocycles.